The normalized spacial score (nSPS) is 12.7. The third kappa shape index (κ3) is 3.93. The molecule has 78 valence electrons. The summed E-state index contributed by atoms with van der Waals surface area (Å²) in [5.41, 5.74) is 1.42. The molecule has 1 aromatic rings. The molecule has 1 rings (SSSR count). The second-order valence-corrected chi connectivity index (χ2v) is 3.80. The first-order valence-corrected chi connectivity index (χ1v) is 5.39. The van der Waals surface area contributed by atoms with E-state index < -0.39 is 0 Å². The van der Waals surface area contributed by atoms with Crippen LogP contribution in [0.4, 0.5) is 0 Å². The Hall–Kier alpha value is -0.820. The topological polar surface area (TPSA) is 9.23 Å². The predicted octanol–water partition coefficient (Wildman–Crippen LogP) is 3.29. The monoisotopic (exact) mass is 192 g/mol. The number of rotatable bonds is 6. The predicted molar refractivity (Wildman–Crippen MR) is 60.4 cm³/mol. The quantitative estimate of drug-likeness (QED) is 0.672. The van der Waals surface area contributed by atoms with Gasteiger partial charge in [0, 0.05) is 13.7 Å². The van der Waals surface area contributed by atoms with Crippen molar-refractivity contribution in [3.8, 4) is 0 Å². The molecular weight excluding hydrogens is 172 g/mol. The number of ether oxygens (including phenoxy) is 1. The summed E-state index contributed by atoms with van der Waals surface area (Å²) < 4.78 is 5.23. The minimum absolute atomic E-state index is 0.674. The zero-order valence-corrected chi connectivity index (χ0v) is 9.20. The second-order valence-electron chi connectivity index (χ2n) is 3.80. The van der Waals surface area contributed by atoms with Crippen molar-refractivity contribution in [2.45, 2.75) is 26.2 Å². The van der Waals surface area contributed by atoms with Crippen LogP contribution in [0.1, 0.15) is 25.3 Å². The lowest BCUT2D eigenvalue weighted by Gasteiger charge is -2.14. The highest BCUT2D eigenvalue weighted by atomic mass is 16.5. The highest BCUT2D eigenvalue weighted by Gasteiger charge is 2.07. The summed E-state index contributed by atoms with van der Waals surface area (Å²) in [5, 5.41) is 0. The molecule has 0 bridgehead atoms. The van der Waals surface area contributed by atoms with Crippen LogP contribution >= 0.6 is 0 Å². The molecule has 1 heteroatoms. The molecule has 14 heavy (non-hydrogen) atoms. The summed E-state index contributed by atoms with van der Waals surface area (Å²) in [4.78, 5) is 0. The fourth-order valence-corrected chi connectivity index (χ4v) is 1.84. The fraction of sp³-hybridized carbons (Fsp3) is 0.538. The van der Waals surface area contributed by atoms with E-state index in [-0.39, 0.29) is 0 Å². The first-order chi connectivity index (χ1) is 6.86. The van der Waals surface area contributed by atoms with Crippen LogP contribution in [-0.4, -0.2) is 13.7 Å². The van der Waals surface area contributed by atoms with Crippen molar-refractivity contribution in [3.05, 3.63) is 35.9 Å². The van der Waals surface area contributed by atoms with Gasteiger partial charge in [-0.15, -0.1) is 0 Å². The van der Waals surface area contributed by atoms with Crippen LogP contribution in [0.5, 0.6) is 0 Å². The molecule has 0 fully saturated rings. The summed E-state index contributed by atoms with van der Waals surface area (Å²) in [6.07, 6.45) is 3.63. The first-order valence-electron chi connectivity index (χ1n) is 5.39. The molecule has 0 aliphatic rings. The fourth-order valence-electron chi connectivity index (χ4n) is 1.84. The molecule has 0 aliphatic heterocycles. The molecule has 0 saturated heterocycles. The van der Waals surface area contributed by atoms with Crippen LogP contribution in [0.15, 0.2) is 30.3 Å². The molecule has 0 aliphatic carbocycles. The van der Waals surface area contributed by atoms with Crippen molar-refractivity contribution in [1.29, 1.82) is 0 Å². The molecule has 1 unspecified atom stereocenters. The summed E-state index contributed by atoms with van der Waals surface area (Å²) in [5.74, 6) is 0.674. The summed E-state index contributed by atoms with van der Waals surface area (Å²) >= 11 is 0. The SMILES string of the molecule is CCCC(COC)Cc1ccccc1. The molecule has 0 aromatic heterocycles. The van der Waals surface area contributed by atoms with Gasteiger partial charge < -0.3 is 4.74 Å². The third-order valence-corrected chi connectivity index (χ3v) is 2.47. The highest BCUT2D eigenvalue weighted by molar-refractivity contribution is 5.15. The standard InChI is InChI=1S/C13H20O/c1-3-7-13(11-14-2)10-12-8-5-4-6-9-12/h4-6,8-9,13H,3,7,10-11H2,1-2H3. The van der Waals surface area contributed by atoms with Crippen LogP contribution < -0.4 is 0 Å². The Morgan fingerprint density at radius 3 is 2.50 bits per heavy atom. The lowest BCUT2D eigenvalue weighted by atomic mass is 9.96. The second kappa shape index (κ2) is 6.61. The summed E-state index contributed by atoms with van der Waals surface area (Å²) in [6.45, 7) is 3.11. The van der Waals surface area contributed by atoms with E-state index in [4.69, 9.17) is 4.74 Å². The highest BCUT2D eigenvalue weighted by Crippen LogP contribution is 2.14. The number of benzene rings is 1. The van der Waals surface area contributed by atoms with E-state index in [2.05, 4.69) is 37.3 Å². The molecule has 1 aromatic carbocycles. The molecule has 0 saturated carbocycles. The molecule has 1 atom stereocenters. The third-order valence-electron chi connectivity index (χ3n) is 2.47. The molecular formula is C13H20O. The molecule has 0 spiro atoms. The Morgan fingerprint density at radius 1 is 1.21 bits per heavy atom. The van der Waals surface area contributed by atoms with Crippen molar-refractivity contribution in [2.75, 3.05) is 13.7 Å². The first kappa shape index (κ1) is 11.3. The minimum Gasteiger partial charge on any atom is -0.384 e. The Morgan fingerprint density at radius 2 is 1.93 bits per heavy atom. The van der Waals surface area contributed by atoms with Crippen molar-refractivity contribution in [2.24, 2.45) is 5.92 Å². The maximum Gasteiger partial charge on any atom is 0.0493 e. The van der Waals surface area contributed by atoms with Gasteiger partial charge in [-0.05, 0) is 24.3 Å². The molecule has 1 nitrogen and oxygen atoms in total. The maximum atomic E-state index is 5.23. The van der Waals surface area contributed by atoms with E-state index in [1.165, 1.54) is 18.4 Å². The van der Waals surface area contributed by atoms with E-state index >= 15 is 0 Å². The van der Waals surface area contributed by atoms with Crippen molar-refractivity contribution in [3.63, 3.8) is 0 Å². The molecule has 0 amide bonds. The van der Waals surface area contributed by atoms with Gasteiger partial charge in [-0.25, -0.2) is 0 Å². The lowest BCUT2D eigenvalue weighted by molar-refractivity contribution is 0.147. The smallest absolute Gasteiger partial charge is 0.0493 e. The minimum atomic E-state index is 0.674. The van der Waals surface area contributed by atoms with E-state index in [1.54, 1.807) is 7.11 Å². The van der Waals surface area contributed by atoms with Gasteiger partial charge in [0.1, 0.15) is 0 Å². The van der Waals surface area contributed by atoms with Gasteiger partial charge >= 0.3 is 0 Å². The van der Waals surface area contributed by atoms with Crippen LogP contribution in [-0.2, 0) is 11.2 Å². The Kier molecular flexibility index (Phi) is 5.31. The van der Waals surface area contributed by atoms with Gasteiger partial charge in [0.2, 0.25) is 0 Å². The van der Waals surface area contributed by atoms with Crippen LogP contribution in [0.2, 0.25) is 0 Å². The van der Waals surface area contributed by atoms with E-state index in [9.17, 15) is 0 Å². The van der Waals surface area contributed by atoms with E-state index in [1.807, 2.05) is 0 Å². The number of hydrogen-bond donors (Lipinski definition) is 0. The average Bonchev–Trinajstić information content (AvgIpc) is 2.20. The molecule has 0 radical (unpaired) electrons. The van der Waals surface area contributed by atoms with Crippen molar-refractivity contribution in [1.82, 2.24) is 0 Å². The van der Waals surface area contributed by atoms with Crippen LogP contribution in [0.3, 0.4) is 0 Å². The zero-order chi connectivity index (χ0) is 10.2. The van der Waals surface area contributed by atoms with E-state index in [0.29, 0.717) is 5.92 Å². The Balaban J connectivity index is 2.46. The lowest BCUT2D eigenvalue weighted by Crippen LogP contribution is -2.11. The molecule has 0 N–H and O–H groups in total. The zero-order valence-electron chi connectivity index (χ0n) is 9.20. The maximum absolute atomic E-state index is 5.23. The average molecular weight is 192 g/mol. The van der Waals surface area contributed by atoms with Gasteiger partial charge in [0.25, 0.3) is 0 Å². The number of methoxy groups -OCH3 is 1. The largest absolute Gasteiger partial charge is 0.384 e. The molecule has 0 heterocycles. The van der Waals surface area contributed by atoms with E-state index in [0.717, 1.165) is 13.0 Å². The van der Waals surface area contributed by atoms with Gasteiger partial charge in [-0.2, -0.15) is 0 Å². The van der Waals surface area contributed by atoms with Gasteiger partial charge in [0.05, 0.1) is 0 Å². The van der Waals surface area contributed by atoms with Gasteiger partial charge in [-0.1, -0.05) is 43.7 Å². The Bertz CT molecular complexity index is 224. The number of hydrogen-bond acceptors (Lipinski definition) is 1. The van der Waals surface area contributed by atoms with Crippen molar-refractivity contribution < 1.29 is 4.74 Å². The summed E-state index contributed by atoms with van der Waals surface area (Å²) in [7, 11) is 1.79. The van der Waals surface area contributed by atoms with Crippen LogP contribution in [0.25, 0.3) is 0 Å². The Labute approximate surface area is 87.1 Å². The summed E-state index contributed by atoms with van der Waals surface area (Å²) in [6, 6.07) is 10.7. The van der Waals surface area contributed by atoms with Crippen LogP contribution in [0, 0.1) is 5.92 Å². The van der Waals surface area contributed by atoms with Gasteiger partial charge in [0.15, 0.2) is 0 Å². The van der Waals surface area contributed by atoms with Gasteiger partial charge in [-0.3, -0.25) is 0 Å². The van der Waals surface area contributed by atoms with Crippen molar-refractivity contribution >= 4 is 0 Å².